The van der Waals surface area contributed by atoms with Gasteiger partial charge in [-0.05, 0) is 56.1 Å². The number of furan rings is 1. The van der Waals surface area contributed by atoms with E-state index in [2.05, 4.69) is 36.8 Å². The molecule has 0 radical (unpaired) electrons. The predicted molar refractivity (Wildman–Crippen MR) is 78.7 cm³/mol. The summed E-state index contributed by atoms with van der Waals surface area (Å²) < 4.78 is 12.3. The highest BCUT2D eigenvalue weighted by molar-refractivity contribution is 9.10. The largest absolute Gasteiger partial charge is 0.470 e. The highest BCUT2D eigenvalue weighted by atomic mass is 79.9. The fraction of sp³-hybridized carbons (Fsp3) is 0.231. The lowest BCUT2D eigenvalue weighted by atomic mass is 10.1. The van der Waals surface area contributed by atoms with E-state index in [1.54, 1.807) is 23.2 Å². The van der Waals surface area contributed by atoms with E-state index in [0.29, 0.717) is 29.4 Å². The van der Waals surface area contributed by atoms with Gasteiger partial charge < -0.3 is 14.1 Å². The van der Waals surface area contributed by atoms with Gasteiger partial charge in [-0.25, -0.2) is 4.98 Å². The second kappa shape index (κ2) is 5.57. The molecule has 0 saturated carbocycles. The van der Waals surface area contributed by atoms with Crippen molar-refractivity contribution in [3.05, 3.63) is 45.4 Å². The molecule has 0 aliphatic carbocycles. The van der Waals surface area contributed by atoms with E-state index < -0.39 is 0 Å². The summed E-state index contributed by atoms with van der Waals surface area (Å²) in [4.78, 5) is 17.8. The molecular formula is C13H10Br2N2O3. The zero-order valence-electron chi connectivity index (χ0n) is 10.3. The fourth-order valence-corrected chi connectivity index (χ4v) is 2.53. The van der Waals surface area contributed by atoms with Gasteiger partial charge in [0.05, 0.1) is 17.6 Å². The molecule has 5 nitrogen and oxygen atoms in total. The van der Waals surface area contributed by atoms with Crippen molar-refractivity contribution in [1.82, 2.24) is 9.88 Å². The molecule has 2 aromatic heterocycles. The van der Waals surface area contributed by atoms with E-state index in [-0.39, 0.29) is 12.0 Å². The lowest BCUT2D eigenvalue weighted by molar-refractivity contribution is 0.0134. The van der Waals surface area contributed by atoms with Crippen molar-refractivity contribution < 1.29 is 13.9 Å². The Balaban J connectivity index is 1.57. The smallest absolute Gasteiger partial charge is 0.289 e. The van der Waals surface area contributed by atoms with Crippen molar-refractivity contribution in [2.45, 2.75) is 6.10 Å². The molecule has 1 amide bonds. The lowest BCUT2D eigenvalue weighted by Gasteiger charge is -2.38. The molecule has 1 fully saturated rings. The van der Waals surface area contributed by atoms with Gasteiger partial charge >= 0.3 is 0 Å². The molecule has 7 heteroatoms. The molecule has 104 valence electrons. The molecule has 1 aliphatic rings. The first-order chi connectivity index (χ1) is 9.63. The number of nitrogens with zero attached hydrogens (tertiary/aromatic N) is 2. The molecule has 20 heavy (non-hydrogen) atoms. The molecule has 3 heterocycles. The van der Waals surface area contributed by atoms with Crippen LogP contribution in [-0.4, -0.2) is 35.0 Å². The molecule has 0 spiro atoms. The van der Waals surface area contributed by atoms with Gasteiger partial charge in [-0.1, -0.05) is 0 Å². The van der Waals surface area contributed by atoms with Crippen molar-refractivity contribution in [1.29, 1.82) is 0 Å². The number of carbonyl (C=O) groups is 1. The number of ether oxygens (including phenoxy) is 1. The van der Waals surface area contributed by atoms with Crippen LogP contribution < -0.4 is 4.74 Å². The number of aromatic nitrogens is 1. The summed E-state index contributed by atoms with van der Waals surface area (Å²) in [6, 6.07) is 7.04. The maximum absolute atomic E-state index is 12.0. The number of likely N-dealkylation sites (tertiary alicyclic amines) is 1. The fourth-order valence-electron chi connectivity index (χ4n) is 1.88. The van der Waals surface area contributed by atoms with Gasteiger partial charge in [-0.15, -0.1) is 0 Å². The van der Waals surface area contributed by atoms with Gasteiger partial charge in [0.1, 0.15) is 6.10 Å². The van der Waals surface area contributed by atoms with Crippen molar-refractivity contribution in [2.75, 3.05) is 13.1 Å². The maximum Gasteiger partial charge on any atom is 0.289 e. The Labute approximate surface area is 132 Å². The molecule has 0 atom stereocenters. The number of carbonyl (C=O) groups excluding carboxylic acids is 1. The Morgan fingerprint density at radius 2 is 2.15 bits per heavy atom. The van der Waals surface area contributed by atoms with Crippen LogP contribution in [0.4, 0.5) is 0 Å². The van der Waals surface area contributed by atoms with E-state index in [1.165, 1.54) is 0 Å². The van der Waals surface area contributed by atoms with E-state index in [1.807, 2.05) is 12.1 Å². The zero-order chi connectivity index (χ0) is 14.1. The average molecular weight is 402 g/mol. The first-order valence-corrected chi connectivity index (χ1v) is 7.54. The summed E-state index contributed by atoms with van der Waals surface area (Å²) >= 11 is 6.55. The standard InChI is InChI=1S/C13H10Br2N2O3/c14-9-2-1-5-16-12(9)19-8-6-17(7-8)13(18)10-3-4-11(15)20-10/h1-5,8H,6-7H2. The predicted octanol–water partition coefficient (Wildman–Crippen LogP) is 3.10. The van der Waals surface area contributed by atoms with Gasteiger partial charge in [0, 0.05) is 6.20 Å². The van der Waals surface area contributed by atoms with Gasteiger partial charge in [-0.3, -0.25) is 4.79 Å². The normalized spacial score (nSPS) is 15.0. The van der Waals surface area contributed by atoms with Crippen LogP contribution in [0.15, 0.2) is 44.0 Å². The van der Waals surface area contributed by atoms with Gasteiger partial charge in [0.25, 0.3) is 5.91 Å². The van der Waals surface area contributed by atoms with E-state index in [9.17, 15) is 4.79 Å². The van der Waals surface area contributed by atoms with Crippen molar-refractivity contribution in [3.63, 3.8) is 0 Å². The molecular weight excluding hydrogens is 392 g/mol. The van der Waals surface area contributed by atoms with Crippen LogP contribution in [0.5, 0.6) is 5.88 Å². The topological polar surface area (TPSA) is 55.6 Å². The zero-order valence-corrected chi connectivity index (χ0v) is 13.4. The first kappa shape index (κ1) is 13.6. The molecule has 3 rings (SSSR count). The molecule has 0 unspecified atom stereocenters. The van der Waals surface area contributed by atoms with Crippen LogP contribution in [0.3, 0.4) is 0 Å². The minimum Gasteiger partial charge on any atom is -0.470 e. The third-order valence-electron chi connectivity index (χ3n) is 2.92. The minimum absolute atomic E-state index is 0.0384. The molecule has 0 bridgehead atoms. The number of amides is 1. The minimum atomic E-state index is -0.129. The number of halogens is 2. The van der Waals surface area contributed by atoms with Crippen molar-refractivity contribution in [2.24, 2.45) is 0 Å². The third-order valence-corrected chi connectivity index (χ3v) is 3.95. The molecule has 2 aromatic rings. The monoisotopic (exact) mass is 400 g/mol. The lowest BCUT2D eigenvalue weighted by Crippen LogP contribution is -2.56. The Morgan fingerprint density at radius 1 is 1.35 bits per heavy atom. The summed E-state index contributed by atoms with van der Waals surface area (Å²) in [5.41, 5.74) is 0. The van der Waals surface area contributed by atoms with E-state index in [4.69, 9.17) is 9.15 Å². The van der Waals surface area contributed by atoms with Crippen LogP contribution in [0, 0.1) is 0 Å². The Bertz CT molecular complexity index is 638. The number of rotatable bonds is 3. The van der Waals surface area contributed by atoms with E-state index >= 15 is 0 Å². The van der Waals surface area contributed by atoms with Gasteiger partial charge in [0.2, 0.25) is 5.88 Å². The highest BCUT2D eigenvalue weighted by Gasteiger charge is 2.34. The van der Waals surface area contributed by atoms with Crippen LogP contribution in [0.25, 0.3) is 0 Å². The first-order valence-electron chi connectivity index (χ1n) is 5.95. The van der Waals surface area contributed by atoms with E-state index in [0.717, 1.165) is 4.47 Å². The second-order valence-electron chi connectivity index (χ2n) is 4.34. The second-order valence-corrected chi connectivity index (χ2v) is 5.98. The van der Waals surface area contributed by atoms with Gasteiger partial charge in [0.15, 0.2) is 10.4 Å². The summed E-state index contributed by atoms with van der Waals surface area (Å²) in [7, 11) is 0. The summed E-state index contributed by atoms with van der Waals surface area (Å²) in [6.45, 7) is 1.06. The SMILES string of the molecule is O=C(c1ccc(Br)o1)N1CC(Oc2ncccc2Br)C1. The molecule has 1 saturated heterocycles. The van der Waals surface area contributed by atoms with Crippen LogP contribution in [0.2, 0.25) is 0 Å². The average Bonchev–Trinajstić information content (AvgIpc) is 2.81. The number of hydrogen-bond acceptors (Lipinski definition) is 4. The quantitative estimate of drug-likeness (QED) is 0.792. The van der Waals surface area contributed by atoms with Crippen LogP contribution >= 0.6 is 31.9 Å². The maximum atomic E-state index is 12.0. The van der Waals surface area contributed by atoms with Crippen LogP contribution in [-0.2, 0) is 0 Å². The number of hydrogen-bond donors (Lipinski definition) is 0. The van der Waals surface area contributed by atoms with Gasteiger partial charge in [-0.2, -0.15) is 0 Å². The van der Waals surface area contributed by atoms with Crippen LogP contribution in [0.1, 0.15) is 10.6 Å². The molecule has 0 N–H and O–H groups in total. The Hall–Kier alpha value is -1.34. The molecule has 0 aromatic carbocycles. The Morgan fingerprint density at radius 3 is 2.80 bits per heavy atom. The number of pyridine rings is 1. The highest BCUT2D eigenvalue weighted by Crippen LogP contribution is 2.25. The summed E-state index contributed by atoms with van der Waals surface area (Å²) in [5, 5.41) is 0. The molecule has 1 aliphatic heterocycles. The van der Waals surface area contributed by atoms with Crippen molar-refractivity contribution >= 4 is 37.8 Å². The summed E-state index contributed by atoms with van der Waals surface area (Å²) in [5.74, 6) is 0.746. The van der Waals surface area contributed by atoms with Crippen molar-refractivity contribution in [3.8, 4) is 5.88 Å². The summed E-state index contributed by atoms with van der Waals surface area (Å²) in [6.07, 6.45) is 1.63. The Kier molecular flexibility index (Phi) is 3.80. The third kappa shape index (κ3) is 2.73.